The molecule has 0 radical (unpaired) electrons. The highest BCUT2D eigenvalue weighted by molar-refractivity contribution is 6.05. The molecule has 7 nitrogen and oxygen atoms in total. The number of carbonyl (C=O) groups is 3. The Morgan fingerprint density at radius 1 is 1.15 bits per heavy atom. The van der Waals surface area contributed by atoms with E-state index in [2.05, 4.69) is 5.32 Å². The fourth-order valence-corrected chi connectivity index (χ4v) is 2.98. The lowest BCUT2D eigenvalue weighted by molar-refractivity contribution is -0.122. The third-order valence-corrected chi connectivity index (χ3v) is 4.28. The molecule has 1 atom stereocenters. The molecule has 1 aliphatic rings. The van der Waals surface area contributed by atoms with Gasteiger partial charge in [-0.3, -0.25) is 9.59 Å². The molecular weight excluding hydrogens is 348 g/mol. The van der Waals surface area contributed by atoms with Crippen molar-refractivity contribution < 1.29 is 23.9 Å². The maximum atomic E-state index is 12.8. The lowest BCUT2D eigenvalue weighted by Gasteiger charge is -2.27. The van der Waals surface area contributed by atoms with Gasteiger partial charge in [-0.2, -0.15) is 0 Å². The number of esters is 1. The molecule has 0 unspecified atom stereocenters. The van der Waals surface area contributed by atoms with E-state index in [4.69, 9.17) is 9.47 Å². The van der Waals surface area contributed by atoms with Crippen molar-refractivity contribution in [2.45, 2.75) is 19.4 Å². The summed E-state index contributed by atoms with van der Waals surface area (Å²) in [6, 6.07) is 13.1. The number of fused-ring (bicyclic) bond motifs is 1. The van der Waals surface area contributed by atoms with Crippen molar-refractivity contribution in [2.75, 3.05) is 23.9 Å². The number of benzene rings is 2. The molecule has 140 valence electrons. The van der Waals surface area contributed by atoms with E-state index in [1.807, 2.05) is 0 Å². The highest BCUT2D eigenvalue weighted by atomic mass is 16.5. The van der Waals surface area contributed by atoms with Crippen molar-refractivity contribution in [1.29, 1.82) is 0 Å². The Labute approximate surface area is 156 Å². The molecule has 1 aliphatic heterocycles. The average Bonchev–Trinajstić information content (AvgIpc) is 2.80. The van der Waals surface area contributed by atoms with Crippen LogP contribution in [0.5, 0.6) is 5.75 Å². The molecule has 2 amide bonds. The number of methoxy groups -OCH3 is 1. The van der Waals surface area contributed by atoms with Crippen LogP contribution >= 0.6 is 0 Å². The summed E-state index contributed by atoms with van der Waals surface area (Å²) in [5.41, 5.74) is 1.47. The zero-order valence-corrected chi connectivity index (χ0v) is 15.1. The van der Waals surface area contributed by atoms with Gasteiger partial charge in [0.15, 0.2) is 6.61 Å². The van der Waals surface area contributed by atoms with Crippen molar-refractivity contribution in [3.63, 3.8) is 0 Å². The Morgan fingerprint density at radius 2 is 1.85 bits per heavy atom. The smallest absolute Gasteiger partial charge is 0.338 e. The molecule has 0 saturated heterocycles. The summed E-state index contributed by atoms with van der Waals surface area (Å²) >= 11 is 0. The number of para-hydroxylation sites is 2. The number of hydrogen-bond acceptors (Lipinski definition) is 5. The lowest BCUT2D eigenvalue weighted by atomic mass is 10.1. The van der Waals surface area contributed by atoms with Crippen molar-refractivity contribution in [2.24, 2.45) is 0 Å². The van der Waals surface area contributed by atoms with E-state index in [0.29, 0.717) is 22.7 Å². The molecular formula is C20H20N2O5. The molecule has 7 heteroatoms. The predicted octanol–water partition coefficient (Wildman–Crippen LogP) is 2.62. The second-order valence-electron chi connectivity index (χ2n) is 6.19. The maximum absolute atomic E-state index is 12.8. The van der Waals surface area contributed by atoms with Crippen molar-refractivity contribution >= 4 is 29.2 Å². The summed E-state index contributed by atoms with van der Waals surface area (Å²) in [7, 11) is 1.53. The predicted molar refractivity (Wildman–Crippen MR) is 99.9 cm³/mol. The molecule has 27 heavy (non-hydrogen) atoms. The van der Waals surface area contributed by atoms with E-state index in [-0.39, 0.29) is 18.4 Å². The third-order valence-electron chi connectivity index (χ3n) is 4.28. The fourth-order valence-electron chi connectivity index (χ4n) is 2.98. The standard InChI is InChI=1S/C20H20N2O5/c1-13-11-18(23)21-16-5-3-4-6-17(16)22(13)19(24)12-27-20(25)14-7-9-15(26-2)10-8-14/h3-10,13H,11-12H2,1-2H3,(H,21,23)/t13-/m1/s1. The van der Waals surface area contributed by atoms with Gasteiger partial charge >= 0.3 is 5.97 Å². The van der Waals surface area contributed by atoms with Gasteiger partial charge in [0, 0.05) is 12.5 Å². The largest absolute Gasteiger partial charge is 0.497 e. The van der Waals surface area contributed by atoms with Crippen LogP contribution in [0.15, 0.2) is 48.5 Å². The summed E-state index contributed by atoms with van der Waals surface area (Å²) in [5, 5.41) is 2.79. The Kier molecular flexibility index (Phi) is 5.40. The first kappa shape index (κ1) is 18.4. The minimum Gasteiger partial charge on any atom is -0.497 e. The number of ether oxygens (including phenoxy) is 2. The molecule has 1 N–H and O–H groups in total. The van der Waals surface area contributed by atoms with Gasteiger partial charge in [0.2, 0.25) is 5.91 Å². The van der Waals surface area contributed by atoms with Crippen LogP contribution in [0.1, 0.15) is 23.7 Å². The minimum absolute atomic E-state index is 0.160. The van der Waals surface area contributed by atoms with Gasteiger partial charge in [0.25, 0.3) is 5.91 Å². The van der Waals surface area contributed by atoms with Crippen LogP contribution in [0, 0.1) is 0 Å². The monoisotopic (exact) mass is 368 g/mol. The SMILES string of the molecule is COc1ccc(C(=O)OCC(=O)N2c3ccccc3NC(=O)C[C@H]2C)cc1. The Hall–Kier alpha value is -3.35. The lowest BCUT2D eigenvalue weighted by Crippen LogP contribution is -2.41. The molecule has 0 aromatic heterocycles. The van der Waals surface area contributed by atoms with Crippen LogP contribution in [0.2, 0.25) is 0 Å². The van der Waals surface area contributed by atoms with E-state index < -0.39 is 18.5 Å². The quantitative estimate of drug-likeness (QED) is 0.839. The second kappa shape index (κ2) is 7.90. The minimum atomic E-state index is -0.601. The Morgan fingerprint density at radius 3 is 2.56 bits per heavy atom. The Balaban J connectivity index is 1.72. The van der Waals surface area contributed by atoms with Crippen LogP contribution in [0.25, 0.3) is 0 Å². The summed E-state index contributed by atoms with van der Waals surface area (Å²) in [4.78, 5) is 38.4. The summed E-state index contributed by atoms with van der Waals surface area (Å²) in [5.74, 6) is -0.542. The third kappa shape index (κ3) is 4.08. The van der Waals surface area contributed by atoms with Crippen LogP contribution < -0.4 is 15.0 Å². The number of anilines is 2. The van der Waals surface area contributed by atoms with Gasteiger partial charge in [-0.1, -0.05) is 12.1 Å². The van der Waals surface area contributed by atoms with Gasteiger partial charge in [0.05, 0.1) is 24.0 Å². The number of rotatable bonds is 4. The van der Waals surface area contributed by atoms with Gasteiger partial charge in [-0.25, -0.2) is 4.79 Å². The van der Waals surface area contributed by atoms with Crippen molar-refractivity contribution in [3.8, 4) is 5.75 Å². The van der Waals surface area contributed by atoms with Gasteiger partial charge in [0.1, 0.15) is 5.75 Å². The summed E-state index contributed by atoms with van der Waals surface area (Å²) in [6.07, 6.45) is 0.160. The fraction of sp³-hybridized carbons (Fsp3) is 0.250. The van der Waals surface area contributed by atoms with E-state index in [1.165, 1.54) is 12.0 Å². The zero-order chi connectivity index (χ0) is 19.4. The first-order chi connectivity index (χ1) is 13.0. The van der Waals surface area contributed by atoms with Crippen LogP contribution in [0.4, 0.5) is 11.4 Å². The van der Waals surface area contributed by atoms with Gasteiger partial charge in [-0.05, 0) is 43.3 Å². The molecule has 2 aromatic rings. The molecule has 0 saturated carbocycles. The molecule has 0 fully saturated rings. The number of amides is 2. The molecule has 0 bridgehead atoms. The number of nitrogens with one attached hydrogen (secondary N) is 1. The van der Waals surface area contributed by atoms with Crippen LogP contribution in [0.3, 0.4) is 0 Å². The maximum Gasteiger partial charge on any atom is 0.338 e. The van der Waals surface area contributed by atoms with E-state index >= 15 is 0 Å². The molecule has 3 rings (SSSR count). The molecule has 2 aromatic carbocycles. The average molecular weight is 368 g/mol. The summed E-state index contributed by atoms with van der Waals surface area (Å²) < 4.78 is 10.2. The second-order valence-corrected chi connectivity index (χ2v) is 6.19. The molecule has 1 heterocycles. The normalized spacial score (nSPS) is 16.0. The van der Waals surface area contributed by atoms with Crippen molar-refractivity contribution in [1.82, 2.24) is 0 Å². The number of hydrogen-bond donors (Lipinski definition) is 1. The van der Waals surface area contributed by atoms with Gasteiger partial charge in [-0.15, -0.1) is 0 Å². The van der Waals surface area contributed by atoms with Gasteiger partial charge < -0.3 is 19.7 Å². The Bertz CT molecular complexity index is 863. The zero-order valence-electron chi connectivity index (χ0n) is 15.1. The van der Waals surface area contributed by atoms with E-state index in [1.54, 1.807) is 55.5 Å². The number of carbonyl (C=O) groups excluding carboxylic acids is 3. The van der Waals surface area contributed by atoms with E-state index in [0.717, 1.165) is 0 Å². The summed E-state index contributed by atoms with van der Waals surface area (Å²) in [6.45, 7) is 1.36. The molecule has 0 aliphatic carbocycles. The topological polar surface area (TPSA) is 84.9 Å². The van der Waals surface area contributed by atoms with E-state index in [9.17, 15) is 14.4 Å². The van der Waals surface area contributed by atoms with Crippen LogP contribution in [-0.2, 0) is 14.3 Å². The first-order valence-corrected chi connectivity index (χ1v) is 8.51. The first-order valence-electron chi connectivity index (χ1n) is 8.51. The van der Waals surface area contributed by atoms with Crippen molar-refractivity contribution in [3.05, 3.63) is 54.1 Å². The highest BCUT2D eigenvalue weighted by Crippen LogP contribution is 2.31. The molecule has 0 spiro atoms. The van der Waals surface area contributed by atoms with Crippen LogP contribution in [-0.4, -0.2) is 37.5 Å². The highest BCUT2D eigenvalue weighted by Gasteiger charge is 2.30. The number of nitrogens with zero attached hydrogens (tertiary/aromatic N) is 1.